The van der Waals surface area contributed by atoms with Gasteiger partial charge in [-0.2, -0.15) is 11.8 Å². The van der Waals surface area contributed by atoms with Crippen LogP contribution in [0.1, 0.15) is 13.3 Å². The van der Waals surface area contributed by atoms with Crippen LogP contribution < -0.4 is 14.8 Å². The monoisotopic (exact) mass is 281 g/mol. The smallest absolute Gasteiger partial charge is 0.228 e. The highest BCUT2D eigenvalue weighted by molar-refractivity contribution is 7.98. The highest BCUT2D eigenvalue weighted by atomic mass is 32.2. The standard InChI is InChI=1S/C14H19NO3S/c1-10(9-19-2)14(16)15-11-4-5-12-13(8-11)18-7-3-6-17-12/h4-5,8,10H,3,6-7,9H2,1-2H3,(H,15,16)/t10-/m0/s1. The van der Waals surface area contributed by atoms with Crippen LogP contribution in [0.3, 0.4) is 0 Å². The summed E-state index contributed by atoms with van der Waals surface area (Å²) in [5.41, 5.74) is 0.752. The Labute approximate surface area is 117 Å². The third-order valence-corrected chi connectivity index (χ3v) is 3.71. The van der Waals surface area contributed by atoms with Crippen molar-refractivity contribution >= 4 is 23.4 Å². The molecule has 1 amide bonds. The minimum Gasteiger partial charge on any atom is -0.490 e. The van der Waals surface area contributed by atoms with Crippen LogP contribution in [0.5, 0.6) is 11.5 Å². The van der Waals surface area contributed by atoms with E-state index < -0.39 is 0 Å². The van der Waals surface area contributed by atoms with Crippen molar-refractivity contribution in [2.24, 2.45) is 5.92 Å². The lowest BCUT2D eigenvalue weighted by Gasteiger charge is -2.13. The molecule has 104 valence electrons. The largest absolute Gasteiger partial charge is 0.490 e. The van der Waals surface area contributed by atoms with Crippen LogP contribution in [0.2, 0.25) is 0 Å². The molecule has 0 saturated heterocycles. The average molecular weight is 281 g/mol. The van der Waals surface area contributed by atoms with Gasteiger partial charge in [-0.25, -0.2) is 0 Å². The molecular formula is C14H19NO3S. The number of benzene rings is 1. The van der Waals surface area contributed by atoms with Gasteiger partial charge in [-0.05, 0) is 18.4 Å². The zero-order chi connectivity index (χ0) is 13.7. The lowest BCUT2D eigenvalue weighted by atomic mass is 10.2. The van der Waals surface area contributed by atoms with Gasteiger partial charge < -0.3 is 14.8 Å². The van der Waals surface area contributed by atoms with Gasteiger partial charge in [0.1, 0.15) is 0 Å². The molecule has 0 spiro atoms. The van der Waals surface area contributed by atoms with Crippen LogP contribution in [0, 0.1) is 5.92 Å². The second-order valence-electron chi connectivity index (χ2n) is 4.56. The topological polar surface area (TPSA) is 47.6 Å². The minimum absolute atomic E-state index is 0.00835. The van der Waals surface area contributed by atoms with Crippen LogP contribution in [0.4, 0.5) is 5.69 Å². The average Bonchev–Trinajstić information content (AvgIpc) is 2.63. The zero-order valence-electron chi connectivity index (χ0n) is 11.3. The third kappa shape index (κ3) is 3.80. The Morgan fingerprint density at radius 2 is 2.11 bits per heavy atom. The number of nitrogens with one attached hydrogen (secondary N) is 1. The molecule has 1 atom stereocenters. The Bertz CT molecular complexity index is 450. The number of anilines is 1. The van der Waals surface area contributed by atoms with E-state index in [0.29, 0.717) is 19.0 Å². The summed E-state index contributed by atoms with van der Waals surface area (Å²) in [5, 5.41) is 2.91. The van der Waals surface area contributed by atoms with Gasteiger partial charge in [-0.3, -0.25) is 4.79 Å². The van der Waals surface area contributed by atoms with E-state index in [4.69, 9.17) is 9.47 Å². The molecule has 1 aromatic carbocycles. The maximum absolute atomic E-state index is 11.9. The Kier molecular flexibility index (Phi) is 4.96. The Morgan fingerprint density at radius 3 is 2.84 bits per heavy atom. The normalized spacial score (nSPS) is 15.5. The van der Waals surface area contributed by atoms with E-state index in [2.05, 4.69) is 5.32 Å². The first kappa shape index (κ1) is 14.1. The number of thioether (sulfide) groups is 1. The summed E-state index contributed by atoms with van der Waals surface area (Å²) < 4.78 is 11.2. The van der Waals surface area contributed by atoms with E-state index in [1.165, 1.54) is 0 Å². The van der Waals surface area contributed by atoms with Crippen LogP contribution in [0.25, 0.3) is 0 Å². The van der Waals surface area contributed by atoms with Gasteiger partial charge in [-0.1, -0.05) is 6.92 Å². The first-order valence-corrected chi connectivity index (χ1v) is 7.79. The molecule has 0 aliphatic carbocycles. The van der Waals surface area contributed by atoms with Gasteiger partial charge in [0.2, 0.25) is 5.91 Å². The molecule has 1 heterocycles. The fourth-order valence-electron chi connectivity index (χ4n) is 1.83. The Balaban J connectivity index is 2.05. The summed E-state index contributed by atoms with van der Waals surface area (Å²) in [4.78, 5) is 11.9. The van der Waals surface area contributed by atoms with Crippen molar-refractivity contribution < 1.29 is 14.3 Å². The summed E-state index contributed by atoms with van der Waals surface area (Å²) in [5.74, 6) is 2.28. The fourth-order valence-corrected chi connectivity index (χ4v) is 2.48. The molecule has 4 nitrogen and oxygen atoms in total. The fraction of sp³-hybridized carbons (Fsp3) is 0.500. The van der Waals surface area contributed by atoms with Crippen molar-refractivity contribution in [2.45, 2.75) is 13.3 Å². The van der Waals surface area contributed by atoms with E-state index >= 15 is 0 Å². The SMILES string of the molecule is CSC[C@H](C)C(=O)Nc1ccc2c(c1)OCCCO2. The molecule has 0 fully saturated rings. The minimum atomic E-state index is -0.00835. The van der Waals surface area contributed by atoms with E-state index in [9.17, 15) is 4.79 Å². The van der Waals surface area contributed by atoms with Crippen molar-refractivity contribution in [1.29, 1.82) is 0 Å². The number of carbonyl (C=O) groups is 1. The molecule has 0 aromatic heterocycles. The van der Waals surface area contributed by atoms with Crippen LogP contribution in [-0.4, -0.2) is 31.1 Å². The highest BCUT2D eigenvalue weighted by Crippen LogP contribution is 2.32. The van der Waals surface area contributed by atoms with Crippen LogP contribution in [-0.2, 0) is 4.79 Å². The molecule has 1 aliphatic rings. The van der Waals surface area contributed by atoms with Crippen molar-refractivity contribution in [2.75, 3.05) is 30.5 Å². The van der Waals surface area contributed by atoms with Crippen molar-refractivity contribution in [3.63, 3.8) is 0 Å². The second kappa shape index (κ2) is 6.70. The highest BCUT2D eigenvalue weighted by Gasteiger charge is 2.15. The molecule has 0 bridgehead atoms. The first-order valence-electron chi connectivity index (χ1n) is 6.40. The van der Waals surface area contributed by atoms with Gasteiger partial charge in [-0.15, -0.1) is 0 Å². The number of fused-ring (bicyclic) bond motifs is 1. The maximum Gasteiger partial charge on any atom is 0.228 e. The number of hydrogen-bond acceptors (Lipinski definition) is 4. The molecule has 0 unspecified atom stereocenters. The molecule has 19 heavy (non-hydrogen) atoms. The quantitative estimate of drug-likeness (QED) is 0.922. The van der Waals surface area contributed by atoms with Crippen molar-refractivity contribution in [3.05, 3.63) is 18.2 Å². The molecule has 0 radical (unpaired) electrons. The predicted octanol–water partition coefficient (Wildman–Crippen LogP) is 2.79. The van der Waals surface area contributed by atoms with E-state index in [1.807, 2.05) is 31.4 Å². The predicted molar refractivity (Wildman–Crippen MR) is 78.2 cm³/mol. The Hall–Kier alpha value is -1.36. The van der Waals surface area contributed by atoms with Crippen molar-refractivity contribution in [3.8, 4) is 11.5 Å². The lowest BCUT2D eigenvalue weighted by Crippen LogP contribution is -2.22. The summed E-state index contributed by atoms with van der Waals surface area (Å²) >= 11 is 1.67. The first-order chi connectivity index (χ1) is 9.20. The van der Waals surface area contributed by atoms with Crippen LogP contribution in [0.15, 0.2) is 18.2 Å². The number of amides is 1. The molecule has 1 aliphatic heterocycles. The van der Waals surface area contributed by atoms with E-state index in [-0.39, 0.29) is 11.8 Å². The Morgan fingerprint density at radius 1 is 1.37 bits per heavy atom. The summed E-state index contributed by atoms with van der Waals surface area (Å²) in [6, 6.07) is 5.51. The molecule has 1 aromatic rings. The molecule has 1 N–H and O–H groups in total. The molecule has 0 saturated carbocycles. The third-order valence-electron chi connectivity index (χ3n) is 2.88. The number of hydrogen-bond donors (Lipinski definition) is 1. The molecular weight excluding hydrogens is 262 g/mol. The number of rotatable bonds is 4. The van der Waals surface area contributed by atoms with Crippen molar-refractivity contribution in [1.82, 2.24) is 0 Å². The maximum atomic E-state index is 11.9. The molecule has 2 rings (SSSR count). The van der Waals surface area contributed by atoms with E-state index in [1.54, 1.807) is 11.8 Å². The van der Waals surface area contributed by atoms with Gasteiger partial charge in [0.25, 0.3) is 0 Å². The number of carbonyl (C=O) groups excluding carboxylic acids is 1. The van der Waals surface area contributed by atoms with Gasteiger partial charge >= 0.3 is 0 Å². The van der Waals surface area contributed by atoms with Crippen LogP contribution >= 0.6 is 11.8 Å². The lowest BCUT2D eigenvalue weighted by molar-refractivity contribution is -0.118. The van der Waals surface area contributed by atoms with E-state index in [0.717, 1.165) is 23.6 Å². The number of ether oxygens (including phenoxy) is 2. The zero-order valence-corrected chi connectivity index (χ0v) is 12.1. The summed E-state index contributed by atoms with van der Waals surface area (Å²) in [7, 11) is 0. The summed E-state index contributed by atoms with van der Waals surface area (Å²) in [6.45, 7) is 3.24. The summed E-state index contributed by atoms with van der Waals surface area (Å²) in [6.07, 6.45) is 2.87. The van der Waals surface area contributed by atoms with Gasteiger partial charge in [0.05, 0.1) is 13.2 Å². The van der Waals surface area contributed by atoms with Gasteiger partial charge in [0, 0.05) is 29.8 Å². The molecule has 5 heteroatoms. The van der Waals surface area contributed by atoms with Gasteiger partial charge in [0.15, 0.2) is 11.5 Å². The second-order valence-corrected chi connectivity index (χ2v) is 5.47.